The van der Waals surface area contributed by atoms with Gasteiger partial charge in [0.15, 0.2) is 0 Å². The number of morpholine rings is 1. The van der Waals surface area contributed by atoms with Crippen molar-refractivity contribution in [2.75, 3.05) is 63.9 Å². The van der Waals surface area contributed by atoms with E-state index in [-0.39, 0.29) is 5.91 Å². The van der Waals surface area contributed by atoms with Crippen LogP contribution in [0.3, 0.4) is 0 Å². The first-order valence-corrected chi connectivity index (χ1v) is 12.2. The molecule has 3 fully saturated rings. The lowest BCUT2D eigenvalue weighted by atomic mass is 10.2. The molecule has 31 heavy (non-hydrogen) atoms. The predicted molar refractivity (Wildman–Crippen MR) is 123 cm³/mol. The van der Waals surface area contributed by atoms with Crippen LogP contribution < -0.4 is 10.2 Å². The van der Waals surface area contributed by atoms with E-state index in [1.165, 1.54) is 15.8 Å². The number of aromatic nitrogens is 2. The van der Waals surface area contributed by atoms with Crippen molar-refractivity contribution < 1.29 is 9.53 Å². The maximum absolute atomic E-state index is 12.2. The number of fused-ring (bicyclic) bond motifs is 1. The highest BCUT2D eigenvalue weighted by molar-refractivity contribution is 7.18. The molecule has 3 aliphatic rings. The highest BCUT2D eigenvalue weighted by atomic mass is 32.1. The Balaban J connectivity index is 1.32. The molecule has 0 aromatic carbocycles. The van der Waals surface area contributed by atoms with Gasteiger partial charge in [0, 0.05) is 50.2 Å². The SMILES string of the molecule is Cc1sc2nc(CN3CCOCC3)nc(N3CCN(CC(=O)NC4CC4)CC3)c2c1C. The van der Waals surface area contributed by atoms with E-state index in [2.05, 4.69) is 33.9 Å². The van der Waals surface area contributed by atoms with Crippen molar-refractivity contribution in [2.45, 2.75) is 39.3 Å². The van der Waals surface area contributed by atoms with Gasteiger partial charge in [0.05, 0.1) is 31.7 Å². The first kappa shape index (κ1) is 21.1. The molecule has 2 saturated heterocycles. The minimum atomic E-state index is 0.164. The summed E-state index contributed by atoms with van der Waals surface area (Å²) in [5, 5.41) is 4.30. The van der Waals surface area contributed by atoms with E-state index >= 15 is 0 Å². The Morgan fingerprint density at radius 1 is 1.06 bits per heavy atom. The molecule has 0 atom stereocenters. The second-order valence-corrected chi connectivity index (χ2v) is 10.1. The van der Waals surface area contributed by atoms with Crippen molar-refractivity contribution in [3.63, 3.8) is 0 Å². The fourth-order valence-electron chi connectivity index (χ4n) is 4.35. The normalized spacial score (nSPS) is 21.0. The summed E-state index contributed by atoms with van der Waals surface area (Å²) in [6.45, 7) is 12.6. The summed E-state index contributed by atoms with van der Waals surface area (Å²) < 4.78 is 5.49. The van der Waals surface area contributed by atoms with Crippen molar-refractivity contribution in [1.29, 1.82) is 0 Å². The van der Waals surface area contributed by atoms with Crippen molar-refractivity contribution in [3.8, 4) is 0 Å². The molecule has 1 saturated carbocycles. The lowest BCUT2D eigenvalue weighted by molar-refractivity contribution is -0.122. The largest absolute Gasteiger partial charge is 0.379 e. The number of carbonyl (C=O) groups excluding carboxylic acids is 1. The lowest BCUT2D eigenvalue weighted by Gasteiger charge is -2.35. The third kappa shape index (κ3) is 4.84. The molecule has 1 N–H and O–H groups in total. The third-order valence-electron chi connectivity index (χ3n) is 6.51. The van der Waals surface area contributed by atoms with Gasteiger partial charge in [-0.1, -0.05) is 0 Å². The van der Waals surface area contributed by atoms with E-state index in [9.17, 15) is 4.79 Å². The van der Waals surface area contributed by atoms with Gasteiger partial charge in [0.2, 0.25) is 5.91 Å². The standard InChI is InChI=1S/C22H32N6O2S/c1-15-16(2)31-22-20(15)21(24-18(25-22)13-27-9-11-30-12-10-27)28-7-5-26(6-8-28)14-19(29)23-17-3-4-17/h17H,3-14H2,1-2H3,(H,23,29). The molecule has 1 aliphatic carbocycles. The molecule has 1 amide bonds. The van der Waals surface area contributed by atoms with Crippen LogP contribution in [0.2, 0.25) is 0 Å². The van der Waals surface area contributed by atoms with Crippen LogP contribution in [0.1, 0.15) is 29.1 Å². The zero-order valence-corrected chi connectivity index (χ0v) is 19.3. The molecule has 9 heteroatoms. The van der Waals surface area contributed by atoms with Crippen molar-refractivity contribution in [3.05, 3.63) is 16.3 Å². The molecule has 4 heterocycles. The lowest BCUT2D eigenvalue weighted by Crippen LogP contribution is -2.50. The van der Waals surface area contributed by atoms with Crippen molar-refractivity contribution in [1.82, 2.24) is 25.1 Å². The maximum atomic E-state index is 12.2. The highest BCUT2D eigenvalue weighted by Gasteiger charge is 2.27. The number of rotatable bonds is 6. The smallest absolute Gasteiger partial charge is 0.234 e. The Kier molecular flexibility index (Phi) is 6.10. The van der Waals surface area contributed by atoms with E-state index in [1.54, 1.807) is 11.3 Å². The predicted octanol–water partition coefficient (Wildman–Crippen LogP) is 1.54. The number of piperazine rings is 1. The zero-order valence-electron chi connectivity index (χ0n) is 18.5. The van der Waals surface area contributed by atoms with E-state index in [0.717, 1.165) is 88.3 Å². The van der Waals surface area contributed by atoms with Crippen LogP contribution in [-0.4, -0.2) is 90.7 Å². The number of thiophene rings is 1. The van der Waals surface area contributed by atoms with E-state index in [0.29, 0.717) is 12.6 Å². The average molecular weight is 445 g/mol. The average Bonchev–Trinajstić information content (AvgIpc) is 3.53. The van der Waals surface area contributed by atoms with Gasteiger partial charge in [0.25, 0.3) is 0 Å². The van der Waals surface area contributed by atoms with Crippen LogP contribution in [-0.2, 0) is 16.1 Å². The monoisotopic (exact) mass is 444 g/mol. The number of amides is 1. The number of ether oxygens (including phenoxy) is 1. The summed E-state index contributed by atoms with van der Waals surface area (Å²) in [5.41, 5.74) is 1.29. The second kappa shape index (κ2) is 8.97. The molecule has 0 spiro atoms. The number of carbonyl (C=O) groups is 1. The van der Waals surface area contributed by atoms with Gasteiger partial charge >= 0.3 is 0 Å². The summed E-state index contributed by atoms with van der Waals surface area (Å²) in [6.07, 6.45) is 2.27. The van der Waals surface area contributed by atoms with Gasteiger partial charge in [-0.3, -0.25) is 14.6 Å². The molecular formula is C22H32N6O2S. The Bertz CT molecular complexity index is 945. The van der Waals surface area contributed by atoms with Gasteiger partial charge in [-0.15, -0.1) is 11.3 Å². The van der Waals surface area contributed by atoms with Crippen LogP contribution in [0.15, 0.2) is 0 Å². The minimum absolute atomic E-state index is 0.164. The second-order valence-electron chi connectivity index (χ2n) is 8.92. The quantitative estimate of drug-likeness (QED) is 0.725. The van der Waals surface area contributed by atoms with E-state index in [4.69, 9.17) is 14.7 Å². The number of hydrogen-bond donors (Lipinski definition) is 1. The van der Waals surface area contributed by atoms with Gasteiger partial charge in [-0.2, -0.15) is 0 Å². The summed E-state index contributed by atoms with van der Waals surface area (Å²) >= 11 is 1.77. The van der Waals surface area contributed by atoms with E-state index < -0.39 is 0 Å². The molecular weight excluding hydrogens is 412 g/mol. The van der Waals surface area contributed by atoms with Crippen molar-refractivity contribution >= 4 is 33.3 Å². The van der Waals surface area contributed by atoms with Gasteiger partial charge in [-0.05, 0) is 32.3 Å². The Morgan fingerprint density at radius 3 is 2.52 bits per heavy atom. The first-order valence-electron chi connectivity index (χ1n) is 11.4. The molecule has 5 rings (SSSR count). The van der Waals surface area contributed by atoms with Gasteiger partial charge in [0.1, 0.15) is 16.5 Å². The van der Waals surface area contributed by atoms with Crippen LogP contribution in [0.25, 0.3) is 10.2 Å². The molecule has 2 aromatic heterocycles. The maximum Gasteiger partial charge on any atom is 0.234 e. The van der Waals surface area contributed by atoms with Crippen LogP contribution in [0, 0.1) is 13.8 Å². The Morgan fingerprint density at radius 2 is 1.81 bits per heavy atom. The molecule has 0 radical (unpaired) electrons. The molecule has 0 bridgehead atoms. The fraction of sp³-hybridized carbons (Fsp3) is 0.682. The van der Waals surface area contributed by atoms with Crippen LogP contribution >= 0.6 is 11.3 Å². The van der Waals surface area contributed by atoms with E-state index in [1.807, 2.05) is 0 Å². The fourth-order valence-corrected chi connectivity index (χ4v) is 5.39. The Hall–Kier alpha value is -1.81. The van der Waals surface area contributed by atoms with Crippen LogP contribution in [0.5, 0.6) is 0 Å². The summed E-state index contributed by atoms with van der Waals surface area (Å²) in [6, 6.07) is 0.429. The number of nitrogens with one attached hydrogen (secondary N) is 1. The van der Waals surface area contributed by atoms with Crippen molar-refractivity contribution in [2.24, 2.45) is 0 Å². The molecule has 168 valence electrons. The topological polar surface area (TPSA) is 73.8 Å². The Labute approximate surface area is 187 Å². The third-order valence-corrected chi connectivity index (χ3v) is 7.61. The summed E-state index contributed by atoms with van der Waals surface area (Å²) in [7, 11) is 0. The number of nitrogens with zero attached hydrogens (tertiary/aromatic N) is 5. The summed E-state index contributed by atoms with van der Waals surface area (Å²) in [5.74, 6) is 2.13. The number of aryl methyl sites for hydroxylation is 2. The zero-order chi connectivity index (χ0) is 21.4. The van der Waals surface area contributed by atoms with Gasteiger partial charge < -0.3 is 15.0 Å². The molecule has 8 nitrogen and oxygen atoms in total. The highest BCUT2D eigenvalue weighted by Crippen LogP contribution is 2.35. The molecule has 2 aromatic rings. The molecule has 2 aliphatic heterocycles. The number of anilines is 1. The first-order chi connectivity index (χ1) is 15.1. The van der Waals surface area contributed by atoms with Gasteiger partial charge in [-0.25, -0.2) is 9.97 Å². The molecule has 0 unspecified atom stereocenters. The number of hydrogen-bond acceptors (Lipinski definition) is 8. The minimum Gasteiger partial charge on any atom is -0.379 e. The van der Waals surface area contributed by atoms with Crippen LogP contribution in [0.4, 0.5) is 5.82 Å². The summed E-state index contributed by atoms with van der Waals surface area (Å²) in [4.78, 5) is 31.6.